The van der Waals surface area contributed by atoms with Crippen LogP contribution >= 0.6 is 0 Å². The predicted octanol–water partition coefficient (Wildman–Crippen LogP) is 1.07. The highest BCUT2D eigenvalue weighted by Crippen LogP contribution is 2.22. The van der Waals surface area contributed by atoms with E-state index in [4.69, 9.17) is 0 Å². The van der Waals surface area contributed by atoms with Gasteiger partial charge >= 0.3 is 0 Å². The molecule has 6 heteroatoms. The number of rotatable bonds is 5. The maximum Gasteiger partial charge on any atom is 0.240 e. The van der Waals surface area contributed by atoms with E-state index in [1.54, 1.807) is 0 Å². The number of likely N-dealkylation sites (N-methyl/N-ethyl adjacent to an activating group) is 1. The van der Waals surface area contributed by atoms with Crippen molar-refractivity contribution in [1.29, 1.82) is 0 Å². The Morgan fingerprint density at radius 3 is 2.29 bits per heavy atom. The highest BCUT2D eigenvalue weighted by molar-refractivity contribution is 5.97. The summed E-state index contributed by atoms with van der Waals surface area (Å²) in [7, 11) is 2.14. The SMILES string of the molecule is CC(=O)N(CC(=O)NC1CC1)c1ccc(N2CCN(C)CC2)cc1. The van der Waals surface area contributed by atoms with E-state index < -0.39 is 0 Å². The van der Waals surface area contributed by atoms with E-state index in [0.29, 0.717) is 6.04 Å². The van der Waals surface area contributed by atoms with Crippen molar-refractivity contribution in [2.24, 2.45) is 0 Å². The zero-order chi connectivity index (χ0) is 17.1. The van der Waals surface area contributed by atoms with Crippen LogP contribution in [-0.2, 0) is 9.59 Å². The first-order valence-electron chi connectivity index (χ1n) is 8.64. The average molecular weight is 330 g/mol. The summed E-state index contributed by atoms with van der Waals surface area (Å²) in [4.78, 5) is 30.1. The molecular weight excluding hydrogens is 304 g/mol. The zero-order valence-corrected chi connectivity index (χ0v) is 14.5. The predicted molar refractivity (Wildman–Crippen MR) is 95.3 cm³/mol. The van der Waals surface area contributed by atoms with Gasteiger partial charge in [0, 0.05) is 50.5 Å². The summed E-state index contributed by atoms with van der Waals surface area (Å²) in [6.07, 6.45) is 2.09. The lowest BCUT2D eigenvalue weighted by Gasteiger charge is -2.34. The van der Waals surface area contributed by atoms with Crippen molar-refractivity contribution < 1.29 is 9.59 Å². The van der Waals surface area contributed by atoms with Gasteiger partial charge in [-0.05, 0) is 44.2 Å². The van der Waals surface area contributed by atoms with Gasteiger partial charge in [0.25, 0.3) is 0 Å². The van der Waals surface area contributed by atoms with Crippen molar-refractivity contribution >= 4 is 23.2 Å². The smallest absolute Gasteiger partial charge is 0.240 e. The molecule has 1 heterocycles. The van der Waals surface area contributed by atoms with Crippen LogP contribution in [0.4, 0.5) is 11.4 Å². The molecule has 1 aromatic rings. The molecule has 1 aliphatic carbocycles. The zero-order valence-electron chi connectivity index (χ0n) is 14.5. The van der Waals surface area contributed by atoms with Crippen molar-refractivity contribution in [2.75, 3.05) is 49.6 Å². The number of anilines is 2. The van der Waals surface area contributed by atoms with E-state index >= 15 is 0 Å². The van der Waals surface area contributed by atoms with E-state index in [1.807, 2.05) is 24.3 Å². The Morgan fingerprint density at radius 2 is 1.75 bits per heavy atom. The summed E-state index contributed by atoms with van der Waals surface area (Å²) in [5.41, 5.74) is 1.93. The minimum Gasteiger partial charge on any atom is -0.369 e. The van der Waals surface area contributed by atoms with Crippen molar-refractivity contribution in [3.8, 4) is 0 Å². The van der Waals surface area contributed by atoms with Gasteiger partial charge in [-0.25, -0.2) is 0 Å². The molecule has 0 radical (unpaired) electrons. The van der Waals surface area contributed by atoms with Crippen LogP contribution in [-0.4, -0.2) is 62.5 Å². The molecule has 2 amide bonds. The van der Waals surface area contributed by atoms with E-state index in [9.17, 15) is 9.59 Å². The lowest BCUT2D eigenvalue weighted by molar-refractivity contribution is -0.123. The third kappa shape index (κ3) is 4.26. The van der Waals surface area contributed by atoms with Gasteiger partial charge in [0.2, 0.25) is 11.8 Å². The van der Waals surface area contributed by atoms with Crippen LogP contribution in [0, 0.1) is 0 Å². The summed E-state index contributed by atoms with van der Waals surface area (Å²) in [5.74, 6) is -0.205. The molecule has 0 atom stereocenters. The van der Waals surface area contributed by atoms with Gasteiger partial charge in [0.05, 0.1) is 0 Å². The van der Waals surface area contributed by atoms with Crippen LogP contribution in [0.1, 0.15) is 19.8 Å². The monoisotopic (exact) mass is 330 g/mol. The quantitative estimate of drug-likeness (QED) is 0.877. The van der Waals surface area contributed by atoms with Crippen molar-refractivity contribution in [3.63, 3.8) is 0 Å². The number of benzene rings is 1. The highest BCUT2D eigenvalue weighted by atomic mass is 16.2. The van der Waals surface area contributed by atoms with Gasteiger partial charge in [0.1, 0.15) is 6.54 Å². The minimum atomic E-state index is -0.117. The van der Waals surface area contributed by atoms with E-state index in [2.05, 4.69) is 22.2 Å². The molecule has 1 N–H and O–H groups in total. The number of hydrogen-bond donors (Lipinski definition) is 1. The van der Waals surface area contributed by atoms with E-state index in [-0.39, 0.29) is 18.4 Å². The average Bonchev–Trinajstić information content (AvgIpc) is 3.37. The van der Waals surface area contributed by atoms with Crippen LogP contribution < -0.4 is 15.1 Å². The van der Waals surface area contributed by atoms with E-state index in [1.165, 1.54) is 11.8 Å². The van der Waals surface area contributed by atoms with Crippen LogP contribution in [0.25, 0.3) is 0 Å². The fourth-order valence-electron chi connectivity index (χ4n) is 2.94. The standard InChI is InChI=1S/C18H26N4O2/c1-14(23)22(13-18(24)19-15-3-4-15)17-7-5-16(6-8-17)21-11-9-20(2)10-12-21/h5-8,15H,3-4,9-13H2,1-2H3,(H,19,24). The van der Waals surface area contributed by atoms with Gasteiger partial charge in [-0.15, -0.1) is 0 Å². The molecule has 130 valence electrons. The van der Waals surface area contributed by atoms with Crippen molar-refractivity contribution in [3.05, 3.63) is 24.3 Å². The second kappa shape index (κ2) is 7.21. The Balaban J connectivity index is 1.64. The number of piperazine rings is 1. The number of carbonyl (C=O) groups excluding carboxylic acids is 2. The van der Waals surface area contributed by atoms with Crippen LogP contribution in [0.15, 0.2) is 24.3 Å². The molecule has 6 nitrogen and oxygen atoms in total. The van der Waals surface area contributed by atoms with Crippen LogP contribution in [0.3, 0.4) is 0 Å². The number of hydrogen-bond acceptors (Lipinski definition) is 4. The summed E-state index contributed by atoms with van der Waals surface area (Å²) in [5, 5.41) is 2.93. The Labute approximate surface area is 143 Å². The minimum absolute atomic E-state index is 0.0830. The van der Waals surface area contributed by atoms with Crippen molar-refractivity contribution in [2.45, 2.75) is 25.8 Å². The van der Waals surface area contributed by atoms with Gasteiger partial charge in [-0.2, -0.15) is 0 Å². The molecule has 0 aromatic heterocycles. The lowest BCUT2D eigenvalue weighted by atomic mass is 10.2. The topological polar surface area (TPSA) is 55.9 Å². The first-order valence-corrected chi connectivity index (χ1v) is 8.64. The Hall–Kier alpha value is -2.08. The molecule has 1 saturated carbocycles. The highest BCUT2D eigenvalue weighted by Gasteiger charge is 2.25. The summed E-state index contributed by atoms with van der Waals surface area (Å²) in [6.45, 7) is 5.72. The Bertz CT molecular complexity index is 590. The van der Waals surface area contributed by atoms with Crippen LogP contribution in [0.2, 0.25) is 0 Å². The second-order valence-corrected chi connectivity index (χ2v) is 6.75. The molecule has 24 heavy (non-hydrogen) atoms. The fraction of sp³-hybridized carbons (Fsp3) is 0.556. The maximum absolute atomic E-state index is 12.0. The molecule has 0 spiro atoms. The number of amides is 2. The fourth-order valence-corrected chi connectivity index (χ4v) is 2.94. The summed E-state index contributed by atoms with van der Waals surface area (Å²) < 4.78 is 0. The number of carbonyl (C=O) groups is 2. The first-order chi connectivity index (χ1) is 11.5. The summed E-state index contributed by atoms with van der Waals surface area (Å²) >= 11 is 0. The second-order valence-electron chi connectivity index (χ2n) is 6.75. The molecule has 0 unspecified atom stereocenters. The van der Waals surface area contributed by atoms with Gasteiger partial charge in [-0.1, -0.05) is 0 Å². The molecule has 2 aliphatic rings. The van der Waals surface area contributed by atoms with E-state index in [0.717, 1.165) is 50.4 Å². The largest absolute Gasteiger partial charge is 0.369 e. The molecule has 2 fully saturated rings. The summed E-state index contributed by atoms with van der Waals surface area (Å²) in [6, 6.07) is 8.25. The molecular formula is C18H26N4O2. The van der Waals surface area contributed by atoms with Crippen LogP contribution in [0.5, 0.6) is 0 Å². The molecule has 1 aliphatic heterocycles. The lowest BCUT2D eigenvalue weighted by Crippen LogP contribution is -2.44. The first kappa shape index (κ1) is 16.8. The number of nitrogens with one attached hydrogen (secondary N) is 1. The normalized spacial score (nSPS) is 18.3. The maximum atomic E-state index is 12.0. The Kier molecular flexibility index (Phi) is 5.04. The third-order valence-electron chi connectivity index (χ3n) is 4.65. The molecule has 3 rings (SSSR count). The molecule has 0 bridgehead atoms. The van der Waals surface area contributed by atoms with Gasteiger partial charge < -0.3 is 20.0 Å². The molecule has 1 saturated heterocycles. The molecule has 1 aromatic carbocycles. The van der Waals surface area contributed by atoms with Gasteiger partial charge in [0.15, 0.2) is 0 Å². The van der Waals surface area contributed by atoms with Gasteiger partial charge in [-0.3, -0.25) is 9.59 Å². The third-order valence-corrected chi connectivity index (χ3v) is 4.65. The number of nitrogens with zero attached hydrogens (tertiary/aromatic N) is 3. The van der Waals surface area contributed by atoms with Crippen molar-refractivity contribution in [1.82, 2.24) is 10.2 Å². The Morgan fingerprint density at radius 1 is 1.12 bits per heavy atom.